The maximum absolute atomic E-state index is 12.0. The summed E-state index contributed by atoms with van der Waals surface area (Å²) in [5, 5.41) is 10.6. The first-order chi connectivity index (χ1) is 9.65. The number of sulfonamides is 1. The molecule has 0 unspecified atom stereocenters. The van der Waals surface area contributed by atoms with Gasteiger partial charge in [0.05, 0.1) is 4.92 Å². The quantitative estimate of drug-likeness (QED) is 0.419. The second-order valence-corrected chi connectivity index (χ2v) is 7.98. The minimum atomic E-state index is -3.75. The predicted octanol–water partition coefficient (Wildman–Crippen LogP) is 1.25. The van der Waals surface area contributed by atoms with Crippen molar-refractivity contribution in [2.24, 2.45) is 0 Å². The van der Waals surface area contributed by atoms with Crippen molar-refractivity contribution in [2.75, 3.05) is 25.9 Å². The van der Waals surface area contributed by atoms with Crippen LogP contribution in [0.25, 0.3) is 0 Å². The van der Waals surface area contributed by atoms with Gasteiger partial charge in [-0.25, -0.2) is 13.1 Å². The molecule has 0 atom stereocenters. The number of anilines is 1. The van der Waals surface area contributed by atoms with E-state index in [4.69, 9.17) is 5.73 Å². The standard InChI is InChI=1S/C11H20N4O4S2/c1-8(2)14(3)6-4-5-13-21(18,19)10-7-9(15(16)17)11(12)20-10/h7-8,13H,4-6,12H2,1-3H3. The molecule has 0 bridgehead atoms. The number of nitrogens with two attached hydrogens (primary N) is 1. The van der Waals surface area contributed by atoms with Gasteiger partial charge in [-0.2, -0.15) is 0 Å². The van der Waals surface area contributed by atoms with Gasteiger partial charge in [0.15, 0.2) is 5.00 Å². The van der Waals surface area contributed by atoms with Crippen LogP contribution in [0, 0.1) is 10.1 Å². The normalized spacial score (nSPS) is 12.2. The molecule has 0 aliphatic rings. The number of hydrogen-bond donors (Lipinski definition) is 2. The zero-order chi connectivity index (χ0) is 16.2. The summed E-state index contributed by atoms with van der Waals surface area (Å²) in [6, 6.07) is 1.38. The van der Waals surface area contributed by atoms with Crippen molar-refractivity contribution in [1.29, 1.82) is 0 Å². The number of nitrogens with zero attached hydrogens (tertiary/aromatic N) is 2. The summed E-state index contributed by atoms with van der Waals surface area (Å²) in [7, 11) is -1.79. The molecule has 10 heteroatoms. The Kier molecular flexibility index (Phi) is 6.08. The molecule has 0 aromatic carbocycles. The summed E-state index contributed by atoms with van der Waals surface area (Å²) in [6.07, 6.45) is 0.650. The van der Waals surface area contributed by atoms with Crippen LogP contribution in [0.3, 0.4) is 0 Å². The lowest BCUT2D eigenvalue weighted by Gasteiger charge is -2.20. The number of nitrogen functional groups attached to an aromatic ring is 1. The van der Waals surface area contributed by atoms with Crippen LogP contribution in [0.5, 0.6) is 0 Å². The summed E-state index contributed by atoms with van der Waals surface area (Å²) >= 11 is 0.694. The molecule has 1 heterocycles. The van der Waals surface area contributed by atoms with Crippen LogP contribution in [0.2, 0.25) is 0 Å². The molecular formula is C11H20N4O4S2. The Labute approximate surface area is 128 Å². The highest BCUT2D eigenvalue weighted by Gasteiger charge is 2.24. The van der Waals surface area contributed by atoms with E-state index in [0.29, 0.717) is 23.8 Å². The molecule has 0 spiro atoms. The van der Waals surface area contributed by atoms with E-state index in [0.717, 1.165) is 12.6 Å². The van der Waals surface area contributed by atoms with E-state index >= 15 is 0 Å². The third-order valence-corrected chi connectivity index (χ3v) is 5.93. The van der Waals surface area contributed by atoms with Crippen molar-refractivity contribution < 1.29 is 13.3 Å². The fourth-order valence-corrected chi connectivity index (χ4v) is 3.84. The topological polar surface area (TPSA) is 119 Å². The van der Waals surface area contributed by atoms with Crippen LogP contribution in [-0.4, -0.2) is 44.4 Å². The molecule has 21 heavy (non-hydrogen) atoms. The van der Waals surface area contributed by atoms with Crippen molar-refractivity contribution in [3.8, 4) is 0 Å². The van der Waals surface area contributed by atoms with E-state index in [1.54, 1.807) is 0 Å². The molecule has 120 valence electrons. The molecule has 8 nitrogen and oxygen atoms in total. The van der Waals surface area contributed by atoms with Crippen LogP contribution in [-0.2, 0) is 10.0 Å². The zero-order valence-corrected chi connectivity index (χ0v) is 13.8. The lowest BCUT2D eigenvalue weighted by molar-refractivity contribution is -0.383. The minimum absolute atomic E-state index is 0.111. The van der Waals surface area contributed by atoms with Gasteiger partial charge in [0, 0.05) is 18.7 Å². The van der Waals surface area contributed by atoms with Crippen LogP contribution in [0.1, 0.15) is 20.3 Å². The lowest BCUT2D eigenvalue weighted by atomic mass is 10.3. The molecule has 1 aromatic rings. The first kappa shape index (κ1) is 17.8. The number of thiophene rings is 1. The van der Waals surface area contributed by atoms with Crippen molar-refractivity contribution in [2.45, 2.75) is 30.5 Å². The smallest absolute Gasteiger partial charge is 0.304 e. The van der Waals surface area contributed by atoms with Gasteiger partial charge in [-0.15, -0.1) is 0 Å². The Morgan fingerprint density at radius 3 is 2.62 bits per heavy atom. The van der Waals surface area contributed by atoms with Crippen molar-refractivity contribution in [1.82, 2.24) is 9.62 Å². The molecule has 1 rings (SSSR count). The summed E-state index contributed by atoms with van der Waals surface area (Å²) < 4.78 is 26.3. The highest BCUT2D eigenvalue weighted by molar-refractivity contribution is 7.91. The maximum Gasteiger partial charge on any atom is 0.304 e. The van der Waals surface area contributed by atoms with Gasteiger partial charge in [-0.1, -0.05) is 11.3 Å². The Balaban J connectivity index is 2.62. The van der Waals surface area contributed by atoms with Crippen LogP contribution >= 0.6 is 11.3 Å². The Morgan fingerprint density at radius 2 is 2.14 bits per heavy atom. The Morgan fingerprint density at radius 1 is 1.52 bits per heavy atom. The van der Waals surface area contributed by atoms with E-state index in [2.05, 4.69) is 23.5 Å². The predicted molar refractivity (Wildman–Crippen MR) is 83.0 cm³/mol. The van der Waals surface area contributed by atoms with Crippen LogP contribution < -0.4 is 10.5 Å². The number of nitrogens with one attached hydrogen (secondary N) is 1. The highest BCUT2D eigenvalue weighted by atomic mass is 32.2. The van der Waals surface area contributed by atoms with E-state index in [1.165, 1.54) is 0 Å². The van der Waals surface area contributed by atoms with Crippen molar-refractivity contribution in [3.05, 3.63) is 16.2 Å². The summed E-state index contributed by atoms with van der Waals surface area (Å²) in [4.78, 5) is 12.1. The second kappa shape index (κ2) is 7.16. The molecule has 0 aliphatic heterocycles. The van der Waals surface area contributed by atoms with Gasteiger partial charge >= 0.3 is 5.69 Å². The maximum atomic E-state index is 12.0. The molecular weight excluding hydrogens is 316 g/mol. The van der Waals surface area contributed by atoms with Crippen LogP contribution in [0.15, 0.2) is 10.3 Å². The molecule has 0 aliphatic carbocycles. The molecule has 0 saturated carbocycles. The van der Waals surface area contributed by atoms with E-state index in [1.807, 2.05) is 7.05 Å². The second-order valence-electron chi connectivity index (χ2n) is 4.90. The van der Waals surface area contributed by atoms with Crippen molar-refractivity contribution in [3.63, 3.8) is 0 Å². The van der Waals surface area contributed by atoms with Gasteiger partial charge in [0.2, 0.25) is 10.0 Å². The summed E-state index contributed by atoms with van der Waals surface area (Å²) in [5.41, 5.74) is 5.07. The van der Waals surface area contributed by atoms with Gasteiger partial charge in [0.25, 0.3) is 0 Å². The van der Waals surface area contributed by atoms with Gasteiger partial charge in [-0.05, 0) is 33.9 Å². The monoisotopic (exact) mass is 336 g/mol. The molecule has 3 N–H and O–H groups in total. The first-order valence-corrected chi connectivity index (χ1v) is 8.68. The number of nitro groups is 1. The third kappa shape index (κ3) is 4.92. The van der Waals surface area contributed by atoms with E-state index in [9.17, 15) is 18.5 Å². The molecule has 0 saturated heterocycles. The average Bonchev–Trinajstić information content (AvgIpc) is 2.77. The molecule has 0 fully saturated rings. The fraction of sp³-hybridized carbons (Fsp3) is 0.636. The molecule has 0 radical (unpaired) electrons. The van der Waals surface area contributed by atoms with Gasteiger partial charge < -0.3 is 10.6 Å². The third-order valence-electron chi connectivity index (χ3n) is 3.04. The van der Waals surface area contributed by atoms with Gasteiger partial charge in [0.1, 0.15) is 4.21 Å². The fourth-order valence-electron chi connectivity index (χ4n) is 1.51. The average molecular weight is 336 g/mol. The SMILES string of the molecule is CC(C)N(C)CCCNS(=O)(=O)c1cc([N+](=O)[O-])c(N)s1. The summed E-state index contributed by atoms with van der Waals surface area (Å²) in [5.74, 6) is 0. The van der Waals surface area contributed by atoms with Crippen molar-refractivity contribution >= 4 is 32.0 Å². The zero-order valence-electron chi connectivity index (χ0n) is 12.2. The first-order valence-electron chi connectivity index (χ1n) is 6.38. The minimum Gasteiger partial charge on any atom is -0.385 e. The Bertz CT molecular complexity index is 597. The molecule has 0 amide bonds. The van der Waals surface area contributed by atoms with Crippen LogP contribution in [0.4, 0.5) is 10.7 Å². The lowest BCUT2D eigenvalue weighted by Crippen LogP contribution is -2.31. The largest absolute Gasteiger partial charge is 0.385 e. The van der Waals surface area contributed by atoms with E-state index in [-0.39, 0.29) is 21.4 Å². The number of rotatable bonds is 8. The Hall–Kier alpha value is -1.23. The summed E-state index contributed by atoms with van der Waals surface area (Å²) in [6.45, 7) is 5.13. The molecule has 1 aromatic heterocycles. The van der Waals surface area contributed by atoms with Gasteiger partial charge in [-0.3, -0.25) is 10.1 Å². The highest BCUT2D eigenvalue weighted by Crippen LogP contribution is 2.34. The number of hydrogen-bond acceptors (Lipinski definition) is 7. The van der Waals surface area contributed by atoms with E-state index < -0.39 is 14.9 Å².